The van der Waals surface area contributed by atoms with E-state index in [1.54, 1.807) is 9.80 Å². The van der Waals surface area contributed by atoms with Crippen LogP contribution in [0.5, 0.6) is 0 Å². The Bertz CT molecular complexity index is 1540. The highest BCUT2D eigenvalue weighted by atomic mass is 16.6. The molecule has 1 aliphatic rings. The lowest BCUT2D eigenvalue weighted by Gasteiger charge is -2.38. The van der Waals surface area contributed by atoms with Crippen molar-refractivity contribution in [2.45, 2.75) is 38.1 Å². The normalized spacial score (nSPS) is 17.2. The van der Waals surface area contributed by atoms with Gasteiger partial charge >= 0.3 is 11.9 Å². The van der Waals surface area contributed by atoms with Crippen LogP contribution in [-0.2, 0) is 62.7 Å². The average Bonchev–Trinajstić information content (AvgIpc) is 3.19. The Balaban J connectivity index is 1.57. The highest BCUT2D eigenvalue weighted by Crippen LogP contribution is 2.13. The third-order valence-corrected chi connectivity index (χ3v) is 9.30. The van der Waals surface area contributed by atoms with Gasteiger partial charge in [-0.2, -0.15) is 0 Å². The van der Waals surface area contributed by atoms with Gasteiger partial charge in [-0.3, -0.25) is 38.8 Å². The summed E-state index contributed by atoms with van der Waals surface area (Å²) < 4.78 is 28.5. The molecule has 3 aromatic rings. The van der Waals surface area contributed by atoms with E-state index in [1.165, 1.54) is 0 Å². The van der Waals surface area contributed by atoms with E-state index < -0.39 is 30.3 Å². The Morgan fingerprint density at radius 1 is 0.545 bits per heavy atom. The van der Waals surface area contributed by atoms with Gasteiger partial charge in [0.05, 0.1) is 39.6 Å². The Morgan fingerprint density at radius 3 is 1.33 bits per heavy atom. The second-order valence-electron chi connectivity index (χ2n) is 13.0. The summed E-state index contributed by atoms with van der Waals surface area (Å²) in [7, 11) is 0. The van der Waals surface area contributed by atoms with Crippen LogP contribution < -0.4 is 0 Å². The highest BCUT2D eigenvalue weighted by Gasteiger charge is 2.32. The maximum atomic E-state index is 12.9. The van der Waals surface area contributed by atoms with Crippen molar-refractivity contribution >= 4 is 24.9 Å². The number of aliphatic carboxylic acids is 2. The average molecular weight is 765 g/mol. The fourth-order valence-corrected chi connectivity index (χ4v) is 6.21. The number of rotatable bonds is 22. The van der Waals surface area contributed by atoms with Gasteiger partial charge < -0.3 is 33.9 Å². The van der Waals surface area contributed by atoms with Gasteiger partial charge in [0.2, 0.25) is 0 Å². The van der Waals surface area contributed by atoms with Crippen molar-refractivity contribution in [1.82, 2.24) is 19.6 Å². The Hall–Kier alpha value is -4.74. The summed E-state index contributed by atoms with van der Waals surface area (Å²) in [6, 6.07) is 26.3. The minimum absolute atomic E-state index is 0.0398. The fraction of sp³-hybridized carbons (Fsp3) is 0.450. The Morgan fingerprint density at radius 2 is 0.927 bits per heavy atom. The van der Waals surface area contributed by atoms with Crippen LogP contribution in [0.2, 0.25) is 0 Å². The van der Waals surface area contributed by atoms with Crippen molar-refractivity contribution < 1.29 is 53.1 Å². The van der Waals surface area contributed by atoms with Crippen molar-refractivity contribution in [1.29, 1.82) is 0 Å². The summed E-state index contributed by atoms with van der Waals surface area (Å²) in [6.45, 7) is 3.15. The number of ether oxygens (including phenoxy) is 5. The van der Waals surface area contributed by atoms with E-state index in [2.05, 4.69) is 0 Å². The lowest BCUT2D eigenvalue weighted by molar-refractivity contribution is -0.154. The molecule has 3 aromatic carbocycles. The maximum absolute atomic E-state index is 12.9. The molecule has 1 saturated heterocycles. The number of nitrogens with zero attached hydrogens (tertiary/aromatic N) is 4. The van der Waals surface area contributed by atoms with Crippen LogP contribution in [0.25, 0.3) is 0 Å². The first-order chi connectivity index (χ1) is 26.9. The van der Waals surface area contributed by atoms with Gasteiger partial charge in [-0.25, -0.2) is 0 Å². The van der Waals surface area contributed by atoms with E-state index >= 15 is 0 Å². The SMILES string of the molecule is O=COCN1CCN(C(COCc2ccccc2)OC=O)CCN(C(COCc2ccccc2)C(=O)O)CCN(C(COCc2ccccc2)C(=O)O)CC1. The van der Waals surface area contributed by atoms with Crippen LogP contribution in [0.1, 0.15) is 16.7 Å². The minimum Gasteiger partial charge on any atom is -0.480 e. The van der Waals surface area contributed by atoms with Gasteiger partial charge in [0.1, 0.15) is 18.8 Å². The van der Waals surface area contributed by atoms with Crippen molar-refractivity contribution in [3.05, 3.63) is 108 Å². The summed E-state index contributed by atoms with van der Waals surface area (Å²) in [5.74, 6) is -2.18. The molecule has 4 rings (SSSR count). The zero-order valence-electron chi connectivity index (χ0n) is 31.0. The van der Waals surface area contributed by atoms with E-state index in [1.807, 2.05) is 101 Å². The molecule has 3 atom stereocenters. The lowest BCUT2D eigenvalue weighted by Crippen LogP contribution is -2.56. The number of hydrogen-bond acceptors (Lipinski definition) is 13. The summed E-state index contributed by atoms with van der Waals surface area (Å²) in [6.07, 6.45) is -0.813. The number of carbonyl (C=O) groups excluding carboxylic acids is 2. The predicted molar refractivity (Wildman–Crippen MR) is 200 cm³/mol. The molecule has 0 bridgehead atoms. The molecule has 15 nitrogen and oxygen atoms in total. The zero-order valence-corrected chi connectivity index (χ0v) is 31.0. The molecule has 3 unspecified atom stereocenters. The molecule has 15 heteroatoms. The van der Waals surface area contributed by atoms with Crippen LogP contribution in [0.4, 0.5) is 0 Å². The number of carboxylic acid groups (broad SMARTS) is 2. The molecule has 1 aliphatic heterocycles. The van der Waals surface area contributed by atoms with Crippen LogP contribution in [0, 0.1) is 0 Å². The minimum atomic E-state index is -1.09. The van der Waals surface area contributed by atoms with Crippen molar-refractivity contribution in [3.8, 4) is 0 Å². The monoisotopic (exact) mass is 764 g/mol. The molecule has 0 radical (unpaired) electrons. The Kier molecular flexibility index (Phi) is 19.2. The van der Waals surface area contributed by atoms with Crippen LogP contribution in [0.3, 0.4) is 0 Å². The molecule has 1 heterocycles. The zero-order chi connectivity index (χ0) is 39.1. The van der Waals surface area contributed by atoms with Gasteiger partial charge in [-0.15, -0.1) is 0 Å². The highest BCUT2D eigenvalue weighted by molar-refractivity contribution is 5.74. The largest absolute Gasteiger partial charge is 0.480 e. The molecule has 0 saturated carbocycles. The van der Waals surface area contributed by atoms with E-state index in [-0.39, 0.29) is 79.1 Å². The lowest BCUT2D eigenvalue weighted by atomic mass is 10.2. The summed E-state index contributed by atoms with van der Waals surface area (Å²) in [5, 5.41) is 20.9. The van der Waals surface area contributed by atoms with Crippen LogP contribution >= 0.6 is 0 Å². The van der Waals surface area contributed by atoms with Crippen LogP contribution in [-0.4, -0.2) is 152 Å². The molecule has 0 spiro atoms. The quantitative estimate of drug-likeness (QED) is 0.143. The number of benzene rings is 3. The first-order valence-corrected chi connectivity index (χ1v) is 18.3. The standard InChI is InChI=1S/C40H52N4O11/c45-31-54-30-41-16-18-42(36(39(47)48)27-51-24-33-10-4-1-5-11-33)20-21-43(37(40(49)50)28-52-25-34-12-6-2-7-13-34)22-23-44(19-17-41)38(55-32-46)29-53-26-35-14-8-3-9-15-35/h1-15,31-32,36-38H,16-30H2,(H,47,48)(H,49,50). The van der Waals surface area contributed by atoms with Crippen molar-refractivity contribution in [2.24, 2.45) is 0 Å². The summed E-state index contributed by atoms with van der Waals surface area (Å²) >= 11 is 0. The molecule has 298 valence electrons. The third kappa shape index (κ3) is 15.5. The van der Waals surface area contributed by atoms with Gasteiger partial charge in [0, 0.05) is 52.4 Å². The molecular formula is C40H52N4O11. The van der Waals surface area contributed by atoms with Crippen LogP contribution in [0.15, 0.2) is 91.0 Å². The third-order valence-electron chi connectivity index (χ3n) is 9.30. The maximum Gasteiger partial charge on any atom is 0.323 e. The molecule has 0 aromatic heterocycles. The van der Waals surface area contributed by atoms with E-state index in [0.717, 1.165) is 16.7 Å². The van der Waals surface area contributed by atoms with Gasteiger partial charge in [0.15, 0.2) is 6.23 Å². The molecule has 55 heavy (non-hydrogen) atoms. The second kappa shape index (κ2) is 24.6. The summed E-state index contributed by atoms with van der Waals surface area (Å²) in [5.41, 5.74) is 2.74. The molecule has 0 amide bonds. The summed E-state index contributed by atoms with van der Waals surface area (Å²) in [4.78, 5) is 55.8. The topological polar surface area (TPSA) is 168 Å². The smallest absolute Gasteiger partial charge is 0.323 e. The van der Waals surface area contributed by atoms with Gasteiger partial charge in [0.25, 0.3) is 12.9 Å². The Labute approximate surface area is 321 Å². The number of carboxylic acids is 2. The fourth-order valence-electron chi connectivity index (χ4n) is 6.21. The van der Waals surface area contributed by atoms with Crippen molar-refractivity contribution in [2.75, 3.05) is 78.9 Å². The van der Waals surface area contributed by atoms with E-state index in [4.69, 9.17) is 23.7 Å². The number of carbonyl (C=O) groups is 4. The van der Waals surface area contributed by atoms with E-state index in [9.17, 15) is 29.4 Å². The molecular weight excluding hydrogens is 712 g/mol. The van der Waals surface area contributed by atoms with Crippen molar-refractivity contribution in [3.63, 3.8) is 0 Å². The first-order valence-electron chi connectivity index (χ1n) is 18.3. The first kappa shape index (κ1) is 43.0. The molecule has 0 aliphatic carbocycles. The second-order valence-corrected chi connectivity index (χ2v) is 13.0. The van der Waals surface area contributed by atoms with E-state index in [0.29, 0.717) is 32.6 Å². The van der Waals surface area contributed by atoms with Gasteiger partial charge in [-0.05, 0) is 16.7 Å². The molecule has 2 N–H and O–H groups in total. The van der Waals surface area contributed by atoms with Gasteiger partial charge in [-0.1, -0.05) is 91.0 Å². The number of hydrogen-bond donors (Lipinski definition) is 2. The predicted octanol–water partition coefficient (Wildman–Crippen LogP) is 2.39. The molecule has 1 fully saturated rings.